The number of aryl methyl sites for hydroxylation is 1. The number of hydrogen-bond acceptors (Lipinski definition) is 5. The third-order valence-electron chi connectivity index (χ3n) is 4.30. The van der Waals surface area contributed by atoms with E-state index in [9.17, 15) is 22.0 Å². The molecule has 30 heavy (non-hydrogen) atoms. The van der Waals surface area contributed by atoms with Gasteiger partial charge in [0.05, 0.1) is 11.4 Å². The number of hydrogen-bond donors (Lipinski definition) is 3. The van der Waals surface area contributed by atoms with E-state index in [-0.39, 0.29) is 28.6 Å². The number of rotatable bonds is 6. The minimum absolute atomic E-state index is 0.0611. The summed E-state index contributed by atoms with van der Waals surface area (Å²) in [7, 11) is -3.55. The Morgan fingerprint density at radius 3 is 2.43 bits per heavy atom. The van der Waals surface area contributed by atoms with Gasteiger partial charge in [-0.15, -0.1) is 0 Å². The van der Waals surface area contributed by atoms with Crippen molar-refractivity contribution in [3.63, 3.8) is 0 Å². The molecule has 0 amide bonds. The van der Waals surface area contributed by atoms with Crippen LogP contribution in [0.2, 0.25) is 0 Å². The van der Waals surface area contributed by atoms with Crippen molar-refractivity contribution >= 4 is 21.4 Å². The third-order valence-corrected chi connectivity index (χ3v) is 5.61. The number of nitrogens with one attached hydrogen (secondary N) is 2. The molecule has 1 heterocycles. The lowest BCUT2D eigenvalue weighted by Crippen LogP contribution is -2.15. The van der Waals surface area contributed by atoms with E-state index in [0.717, 1.165) is 12.1 Å². The predicted molar refractivity (Wildman–Crippen MR) is 111 cm³/mol. The second kappa shape index (κ2) is 8.15. The number of sulfonamides is 1. The van der Waals surface area contributed by atoms with E-state index in [1.54, 1.807) is 6.92 Å². The summed E-state index contributed by atoms with van der Waals surface area (Å²) in [4.78, 5) is 14.4. The summed E-state index contributed by atoms with van der Waals surface area (Å²) in [6.07, 6.45) is 0. The Labute approximate surface area is 171 Å². The predicted octanol–water partition coefficient (Wildman–Crippen LogP) is 3.76. The van der Waals surface area contributed by atoms with Crippen LogP contribution in [-0.4, -0.2) is 19.2 Å². The molecule has 0 unspecified atom stereocenters. The van der Waals surface area contributed by atoms with Crippen molar-refractivity contribution in [3.05, 3.63) is 70.1 Å². The first-order valence-electron chi connectivity index (χ1n) is 8.87. The topological polar surface area (TPSA) is 114 Å². The molecule has 0 spiro atoms. The largest absolute Gasteiger partial charge is 0.454 e. The lowest BCUT2D eigenvalue weighted by molar-refractivity contribution is 0.439. The van der Waals surface area contributed by atoms with Crippen LogP contribution >= 0.6 is 0 Å². The zero-order chi connectivity index (χ0) is 22.1. The average molecular weight is 435 g/mol. The minimum atomic E-state index is -3.55. The number of H-pyrrole nitrogens is 1. The zero-order valence-electron chi connectivity index (χ0n) is 16.1. The fraction of sp³-hybridized carbons (Fsp3) is 0.150. The molecule has 0 saturated heterocycles. The van der Waals surface area contributed by atoms with E-state index < -0.39 is 27.2 Å². The highest BCUT2D eigenvalue weighted by molar-refractivity contribution is 7.92. The van der Waals surface area contributed by atoms with Crippen molar-refractivity contribution in [3.8, 4) is 22.6 Å². The highest BCUT2D eigenvalue weighted by Gasteiger charge is 2.17. The van der Waals surface area contributed by atoms with E-state index in [1.807, 2.05) is 0 Å². The van der Waals surface area contributed by atoms with Crippen LogP contribution in [0.5, 0.6) is 11.5 Å². The van der Waals surface area contributed by atoms with Crippen LogP contribution in [-0.2, 0) is 10.0 Å². The lowest BCUT2D eigenvalue weighted by atomic mass is 10.0. The van der Waals surface area contributed by atoms with Crippen LogP contribution in [0.1, 0.15) is 12.6 Å². The summed E-state index contributed by atoms with van der Waals surface area (Å²) in [5, 5.41) is 0. The summed E-state index contributed by atoms with van der Waals surface area (Å²) in [5.74, 6) is -1.88. The second-order valence-electron chi connectivity index (χ2n) is 6.49. The number of nitrogens with two attached hydrogens (primary N) is 1. The van der Waals surface area contributed by atoms with Crippen molar-refractivity contribution in [2.24, 2.45) is 0 Å². The summed E-state index contributed by atoms with van der Waals surface area (Å²) >= 11 is 0. The van der Waals surface area contributed by atoms with Gasteiger partial charge in [-0.2, -0.15) is 0 Å². The summed E-state index contributed by atoms with van der Waals surface area (Å²) < 4.78 is 59.2. The highest BCUT2D eigenvalue weighted by Crippen LogP contribution is 2.38. The first kappa shape index (κ1) is 21.3. The number of anilines is 2. The third kappa shape index (κ3) is 4.60. The van der Waals surface area contributed by atoms with Crippen LogP contribution in [0, 0.1) is 18.6 Å². The second-order valence-corrected chi connectivity index (χ2v) is 8.50. The van der Waals surface area contributed by atoms with Gasteiger partial charge in [0.15, 0.2) is 11.6 Å². The van der Waals surface area contributed by atoms with Crippen LogP contribution in [0.3, 0.4) is 0 Å². The molecule has 1 aromatic heterocycles. The van der Waals surface area contributed by atoms with Gasteiger partial charge >= 0.3 is 0 Å². The Morgan fingerprint density at radius 2 is 1.77 bits per heavy atom. The zero-order valence-corrected chi connectivity index (χ0v) is 16.9. The van der Waals surface area contributed by atoms with Gasteiger partial charge in [-0.05, 0) is 50.2 Å². The van der Waals surface area contributed by atoms with E-state index in [1.165, 1.54) is 31.2 Å². The fourth-order valence-corrected chi connectivity index (χ4v) is 3.37. The molecule has 4 N–H and O–H groups in total. The minimum Gasteiger partial charge on any atom is -0.454 e. The molecule has 7 nitrogen and oxygen atoms in total. The number of nitrogen functional groups attached to an aromatic ring is 1. The lowest BCUT2D eigenvalue weighted by Gasteiger charge is -2.16. The summed E-state index contributed by atoms with van der Waals surface area (Å²) in [6.45, 7) is 3.12. The average Bonchev–Trinajstić information content (AvgIpc) is 2.68. The van der Waals surface area contributed by atoms with Gasteiger partial charge in [-0.3, -0.25) is 9.52 Å². The Hall–Kier alpha value is -3.40. The molecule has 0 saturated carbocycles. The number of ether oxygens (including phenoxy) is 1. The van der Waals surface area contributed by atoms with Crippen molar-refractivity contribution in [1.29, 1.82) is 0 Å². The maximum Gasteiger partial charge on any atom is 0.271 e. The van der Waals surface area contributed by atoms with Gasteiger partial charge in [-0.25, -0.2) is 17.2 Å². The van der Waals surface area contributed by atoms with E-state index in [4.69, 9.17) is 10.5 Å². The maximum absolute atomic E-state index is 14.1. The smallest absolute Gasteiger partial charge is 0.271 e. The molecule has 0 radical (unpaired) electrons. The van der Waals surface area contributed by atoms with Crippen LogP contribution in [0.15, 0.2) is 47.3 Å². The molecule has 0 fully saturated rings. The first-order chi connectivity index (χ1) is 14.1. The van der Waals surface area contributed by atoms with E-state index >= 15 is 0 Å². The number of halogens is 2. The molecule has 0 bridgehead atoms. The van der Waals surface area contributed by atoms with Gasteiger partial charge in [0, 0.05) is 28.6 Å². The normalized spacial score (nSPS) is 11.3. The van der Waals surface area contributed by atoms with E-state index in [2.05, 4.69) is 9.71 Å². The number of aromatic amines is 1. The molecule has 10 heteroatoms. The Balaban J connectivity index is 2.16. The number of pyridine rings is 1. The van der Waals surface area contributed by atoms with Crippen LogP contribution in [0.4, 0.5) is 20.2 Å². The van der Waals surface area contributed by atoms with Gasteiger partial charge in [-0.1, -0.05) is 0 Å². The molecule has 2 aromatic carbocycles. The van der Waals surface area contributed by atoms with E-state index in [0.29, 0.717) is 22.9 Å². The summed E-state index contributed by atoms with van der Waals surface area (Å²) in [6, 6.07) is 8.63. The molecule has 3 rings (SSSR count). The monoisotopic (exact) mass is 435 g/mol. The van der Waals surface area contributed by atoms with Crippen LogP contribution < -0.4 is 20.8 Å². The van der Waals surface area contributed by atoms with Crippen LogP contribution in [0.25, 0.3) is 11.1 Å². The highest BCUT2D eigenvalue weighted by atomic mass is 32.2. The van der Waals surface area contributed by atoms with Gasteiger partial charge in [0.1, 0.15) is 11.6 Å². The van der Waals surface area contributed by atoms with Gasteiger partial charge in [0.25, 0.3) is 5.56 Å². The molecule has 0 aliphatic rings. The molecule has 0 aliphatic heterocycles. The number of aromatic nitrogens is 1. The molecule has 3 aromatic rings. The Bertz CT molecular complexity index is 1270. The molecule has 0 atom stereocenters. The Kier molecular flexibility index (Phi) is 5.79. The first-order valence-corrected chi connectivity index (χ1v) is 10.5. The van der Waals surface area contributed by atoms with Gasteiger partial charge in [0.2, 0.25) is 10.0 Å². The van der Waals surface area contributed by atoms with Gasteiger partial charge < -0.3 is 15.5 Å². The van der Waals surface area contributed by atoms with Crippen molar-refractivity contribution in [1.82, 2.24) is 4.98 Å². The fourth-order valence-electron chi connectivity index (χ4n) is 2.74. The quantitative estimate of drug-likeness (QED) is 0.545. The van der Waals surface area contributed by atoms with Crippen molar-refractivity contribution in [2.45, 2.75) is 13.8 Å². The van der Waals surface area contributed by atoms with Crippen molar-refractivity contribution < 1.29 is 21.9 Å². The number of benzene rings is 2. The molecular formula is C20H19F2N3O4S. The molecular weight excluding hydrogens is 416 g/mol. The molecule has 0 aliphatic carbocycles. The Morgan fingerprint density at radius 1 is 1.07 bits per heavy atom. The maximum atomic E-state index is 14.1. The standard InChI is InChI=1S/C20H19F2N3O4S/c1-3-30(27,28)25-13-5-7-18(29-19-6-4-12(21)8-16(19)22)15(9-13)14-10-17(23)20(26)24-11(14)2/h4-10,25H,3,23H2,1-2H3,(H,24,26). The SMILES string of the molecule is CCS(=O)(=O)Nc1ccc(Oc2ccc(F)cc2F)c(-c2cc(N)c(=O)[nH]c2C)c1. The molecule has 158 valence electrons. The summed E-state index contributed by atoms with van der Waals surface area (Å²) in [5.41, 5.74) is 6.66. The van der Waals surface area contributed by atoms with Crippen molar-refractivity contribution in [2.75, 3.05) is 16.2 Å².